The third-order valence-corrected chi connectivity index (χ3v) is 2.72. The maximum absolute atomic E-state index is 13.6. The molecule has 0 saturated heterocycles. The summed E-state index contributed by atoms with van der Waals surface area (Å²) in [7, 11) is 0. The van der Waals surface area contributed by atoms with Crippen molar-refractivity contribution in [1.29, 1.82) is 0 Å². The molecule has 1 rings (SSSR count). The molecular weight excluding hydrogens is 226 g/mol. The Morgan fingerprint density at radius 3 is 2.35 bits per heavy atom. The zero-order valence-corrected chi connectivity index (χ0v) is 10.4. The molecule has 17 heavy (non-hydrogen) atoms. The van der Waals surface area contributed by atoms with Gasteiger partial charge in [0, 0.05) is 0 Å². The number of hydrogen-bond donors (Lipinski definition) is 0. The molecule has 0 radical (unpaired) electrons. The average Bonchev–Trinajstić information content (AvgIpc) is 2.24. The van der Waals surface area contributed by atoms with Gasteiger partial charge in [-0.3, -0.25) is 0 Å². The zero-order chi connectivity index (χ0) is 13.2. The number of carbonyl (C=O) groups excluding carboxylic acids is 1. The average molecular weight is 242 g/mol. The van der Waals surface area contributed by atoms with Gasteiger partial charge in [0.25, 0.3) is 0 Å². The molecule has 94 valence electrons. The van der Waals surface area contributed by atoms with Gasteiger partial charge in [-0.2, -0.15) is 0 Å². The minimum absolute atomic E-state index is 0.0925. The first-order valence-corrected chi connectivity index (χ1v) is 5.50. The number of carbonyl (C=O) groups is 1. The van der Waals surface area contributed by atoms with Gasteiger partial charge in [0.2, 0.25) is 0 Å². The van der Waals surface area contributed by atoms with E-state index in [1.54, 1.807) is 6.92 Å². The lowest BCUT2D eigenvalue weighted by Gasteiger charge is -2.17. The highest BCUT2D eigenvalue weighted by atomic mass is 19.1. The van der Waals surface area contributed by atoms with E-state index in [4.69, 9.17) is 4.74 Å². The fraction of sp³-hybridized carbons (Fsp3) is 0.462. The van der Waals surface area contributed by atoms with E-state index in [9.17, 15) is 13.6 Å². The van der Waals surface area contributed by atoms with Gasteiger partial charge in [-0.25, -0.2) is 13.6 Å². The van der Waals surface area contributed by atoms with E-state index in [-0.39, 0.29) is 17.6 Å². The Labute approximate surface area is 99.6 Å². The van der Waals surface area contributed by atoms with Crippen LogP contribution in [0.3, 0.4) is 0 Å². The van der Waals surface area contributed by atoms with E-state index in [0.717, 1.165) is 6.07 Å². The number of aryl methyl sites for hydroxylation is 1. The minimum Gasteiger partial charge on any atom is -0.459 e. The second-order valence-corrected chi connectivity index (χ2v) is 4.41. The second kappa shape index (κ2) is 5.25. The molecule has 1 unspecified atom stereocenters. The topological polar surface area (TPSA) is 26.3 Å². The second-order valence-electron chi connectivity index (χ2n) is 4.41. The maximum atomic E-state index is 13.6. The van der Waals surface area contributed by atoms with E-state index < -0.39 is 23.2 Å². The molecule has 4 heteroatoms. The van der Waals surface area contributed by atoms with Crippen molar-refractivity contribution in [2.24, 2.45) is 5.92 Å². The molecule has 1 atom stereocenters. The molecule has 0 aliphatic carbocycles. The predicted molar refractivity (Wildman–Crippen MR) is 60.8 cm³/mol. The summed E-state index contributed by atoms with van der Waals surface area (Å²) in [6, 6.07) is 2.35. The first kappa shape index (κ1) is 13.6. The smallest absolute Gasteiger partial charge is 0.344 e. The SMILES string of the molecule is Cc1ccc(F)c(C(=O)OC(C)C(C)C)c1F. The lowest BCUT2D eigenvalue weighted by Crippen LogP contribution is -2.22. The summed E-state index contributed by atoms with van der Waals surface area (Å²) in [5.74, 6) is -2.61. The molecule has 0 spiro atoms. The van der Waals surface area contributed by atoms with Crippen molar-refractivity contribution < 1.29 is 18.3 Å². The number of ether oxygens (including phenoxy) is 1. The van der Waals surface area contributed by atoms with Gasteiger partial charge in [0.05, 0.1) is 0 Å². The third kappa shape index (κ3) is 3.02. The van der Waals surface area contributed by atoms with Crippen molar-refractivity contribution in [3.8, 4) is 0 Å². The number of esters is 1. The molecule has 0 aliphatic heterocycles. The lowest BCUT2D eigenvalue weighted by molar-refractivity contribution is 0.0227. The molecule has 0 fully saturated rings. The highest BCUT2D eigenvalue weighted by Gasteiger charge is 2.23. The quantitative estimate of drug-likeness (QED) is 0.758. The maximum Gasteiger partial charge on any atom is 0.344 e. The van der Waals surface area contributed by atoms with Crippen LogP contribution in [-0.4, -0.2) is 12.1 Å². The van der Waals surface area contributed by atoms with E-state index in [1.165, 1.54) is 13.0 Å². The van der Waals surface area contributed by atoms with Crippen LogP contribution in [0, 0.1) is 24.5 Å². The normalized spacial score (nSPS) is 12.6. The summed E-state index contributed by atoms with van der Waals surface area (Å²) >= 11 is 0. The van der Waals surface area contributed by atoms with Crippen LogP contribution in [0.15, 0.2) is 12.1 Å². The van der Waals surface area contributed by atoms with Crippen LogP contribution in [0.4, 0.5) is 8.78 Å². The van der Waals surface area contributed by atoms with E-state index in [2.05, 4.69) is 0 Å². The van der Waals surface area contributed by atoms with Gasteiger partial charge in [-0.1, -0.05) is 19.9 Å². The summed E-state index contributed by atoms with van der Waals surface area (Å²) < 4.78 is 32.0. The molecule has 0 N–H and O–H groups in total. The van der Waals surface area contributed by atoms with E-state index in [1.807, 2.05) is 13.8 Å². The van der Waals surface area contributed by atoms with Crippen LogP contribution < -0.4 is 0 Å². The van der Waals surface area contributed by atoms with Crippen molar-refractivity contribution in [1.82, 2.24) is 0 Å². The fourth-order valence-corrected chi connectivity index (χ4v) is 1.21. The van der Waals surface area contributed by atoms with Crippen LogP contribution >= 0.6 is 0 Å². The monoisotopic (exact) mass is 242 g/mol. The molecule has 0 bridgehead atoms. The highest BCUT2D eigenvalue weighted by molar-refractivity contribution is 5.90. The van der Waals surface area contributed by atoms with Crippen LogP contribution in [0.2, 0.25) is 0 Å². The summed E-state index contributed by atoms with van der Waals surface area (Å²) in [5.41, 5.74) is -0.395. The van der Waals surface area contributed by atoms with Crippen LogP contribution in [0.1, 0.15) is 36.7 Å². The van der Waals surface area contributed by atoms with Crippen LogP contribution in [0.5, 0.6) is 0 Å². The van der Waals surface area contributed by atoms with Gasteiger partial charge in [-0.05, 0) is 31.4 Å². The molecule has 0 amide bonds. The Morgan fingerprint density at radius 1 is 1.24 bits per heavy atom. The van der Waals surface area contributed by atoms with E-state index in [0.29, 0.717) is 0 Å². The van der Waals surface area contributed by atoms with Gasteiger partial charge in [0.15, 0.2) is 0 Å². The zero-order valence-electron chi connectivity index (χ0n) is 10.4. The highest BCUT2D eigenvalue weighted by Crippen LogP contribution is 2.19. The third-order valence-electron chi connectivity index (χ3n) is 2.72. The molecular formula is C13H16F2O2. The van der Waals surface area contributed by atoms with Crippen molar-refractivity contribution in [2.75, 3.05) is 0 Å². The Bertz CT molecular complexity index is 428. The minimum atomic E-state index is -0.954. The predicted octanol–water partition coefficient (Wildman–Crippen LogP) is 3.47. The Kier molecular flexibility index (Phi) is 4.21. The molecule has 0 aromatic heterocycles. The molecule has 0 heterocycles. The molecule has 1 aromatic rings. The first-order valence-electron chi connectivity index (χ1n) is 5.50. The fourth-order valence-electron chi connectivity index (χ4n) is 1.21. The van der Waals surface area contributed by atoms with Gasteiger partial charge >= 0.3 is 5.97 Å². The Hall–Kier alpha value is -1.45. The van der Waals surface area contributed by atoms with Crippen molar-refractivity contribution in [3.05, 3.63) is 34.9 Å². The van der Waals surface area contributed by atoms with Gasteiger partial charge in [-0.15, -0.1) is 0 Å². The van der Waals surface area contributed by atoms with Crippen molar-refractivity contribution in [2.45, 2.75) is 33.8 Å². The number of hydrogen-bond acceptors (Lipinski definition) is 2. The number of halogens is 2. The van der Waals surface area contributed by atoms with Gasteiger partial charge < -0.3 is 4.74 Å². The number of benzene rings is 1. The summed E-state index contributed by atoms with van der Waals surface area (Å²) in [6.45, 7) is 6.88. The standard InChI is InChI=1S/C13H16F2O2/c1-7(2)9(4)17-13(16)11-10(14)6-5-8(3)12(11)15/h5-7,9H,1-4H3. The summed E-state index contributed by atoms with van der Waals surface area (Å²) in [5, 5.41) is 0. The molecule has 0 aliphatic rings. The van der Waals surface area contributed by atoms with Crippen molar-refractivity contribution >= 4 is 5.97 Å². The van der Waals surface area contributed by atoms with Crippen molar-refractivity contribution in [3.63, 3.8) is 0 Å². The largest absolute Gasteiger partial charge is 0.459 e. The Morgan fingerprint density at radius 2 is 1.82 bits per heavy atom. The molecule has 2 nitrogen and oxygen atoms in total. The summed E-state index contributed by atoms with van der Waals surface area (Å²) in [6.07, 6.45) is -0.387. The van der Waals surface area contributed by atoms with Gasteiger partial charge in [0.1, 0.15) is 23.3 Å². The molecule has 1 aromatic carbocycles. The first-order chi connectivity index (χ1) is 7.84. The van der Waals surface area contributed by atoms with Crippen LogP contribution in [-0.2, 0) is 4.74 Å². The van der Waals surface area contributed by atoms with Crippen LogP contribution in [0.25, 0.3) is 0 Å². The summed E-state index contributed by atoms with van der Waals surface area (Å²) in [4.78, 5) is 11.7. The Balaban J connectivity index is 3.01. The number of rotatable bonds is 3. The lowest BCUT2D eigenvalue weighted by atomic mass is 10.1. The van der Waals surface area contributed by atoms with E-state index >= 15 is 0 Å². The molecule has 0 saturated carbocycles.